The van der Waals surface area contributed by atoms with E-state index in [1.165, 1.54) is 0 Å². The SMILES string of the molecule is C=C/C(C)=C/C=C/C(C)=C\C(=O)O. The fraction of sp³-hybridized carbons (Fsp3) is 0.182. The first-order valence-corrected chi connectivity index (χ1v) is 3.95. The first-order chi connectivity index (χ1) is 6.06. The Bertz CT molecular complexity index is 280. The molecule has 2 nitrogen and oxygen atoms in total. The first kappa shape index (κ1) is 11.4. The van der Waals surface area contributed by atoms with E-state index < -0.39 is 5.97 Å². The van der Waals surface area contributed by atoms with Crippen molar-refractivity contribution < 1.29 is 9.90 Å². The molecule has 2 heteroatoms. The molecule has 0 spiro atoms. The Labute approximate surface area is 78.6 Å². The first-order valence-electron chi connectivity index (χ1n) is 3.95. The molecule has 0 aliphatic carbocycles. The summed E-state index contributed by atoms with van der Waals surface area (Å²) in [7, 11) is 0. The zero-order chi connectivity index (χ0) is 10.3. The summed E-state index contributed by atoms with van der Waals surface area (Å²) in [5, 5.41) is 8.40. The van der Waals surface area contributed by atoms with Crippen molar-refractivity contribution in [1.29, 1.82) is 0 Å². The average Bonchev–Trinajstić information content (AvgIpc) is 2.02. The highest BCUT2D eigenvalue weighted by molar-refractivity contribution is 5.81. The second kappa shape index (κ2) is 6.00. The Morgan fingerprint density at radius 1 is 1.31 bits per heavy atom. The van der Waals surface area contributed by atoms with Crippen molar-refractivity contribution in [1.82, 2.24) is 0 Å². The third-order valence-corrected chi connectivity index (χ3v) is 1.39. The van der Waals surface area contributed by atoms with Crippen molar-refractivity contribution in [3.8, 4) is 0 Å². The lowest BCUT2D eigenvalue weighted by atomic mass is 10.2. The van der Waals surface area contributed by atoms with Crippen LogP contribution in [0.3, 0.4) is 0 Å². The van der Waals surface area contributed by atoms with Crippen LogP contribution in [-0.4, -0.2) is 11.1 Å². The van der Waals surface area contributed by atoms with Gasteiger partial charge in [0.05, 0.1) is 0 Å². The molecule has 0 atom stereocenters. The molecule has 0 heterocycles. The molecule has 13 heavy (non-hydrogen) atoms. The maximum atomic E-state index is 10.2. The van der Waals surface area contributed by atoms with Crippen LogP contribution in [0.1, 0.15) is 13.8 Å². The molecule has 0 fully saturated rings. The molecular weight excluding hydrogens is 164 g/mol. The number of rotatable bonds is 4. The molecule has 0 aliphatic heterocycles. The van der Waals surface area contributed by atoms with Gasteiger partial charge in [0, 0.05) is 6.08 Å². The van der Waals surface area contributed by atoms with Gasteiger partial charge in [-0.05, 0) is 19.4 Å². The number of carboxylic acids is 1. The Kier molecular flexibility index (Phi) is 5.28. The number of aliphatic carboxylic acids is 1. The molecule has 0 aromatic carbocycles. The fourth-order valence-electron chi connectivity index (χ4n) is 0.663. The lowest BCUT2D eigenvalue weighted by molar-refractivity contribution is -0.131. The molecule has 70 valence electrons. The monoisotopic (exact) mass is 178 g/mol. The van der Waals surface area contributed by atoms with Crippen molar-refractivity contribution >= 4 is 5.97 Å². The van der Waals surface area contributed by atoms with E-state index in [0.717, 1.165) is 11.6 Å². The van der Waals surface area contributed by atoms with Crippen molar-refractivity contribution in [2.75, 3.05) is 0 Å². The van der Waals surface area contributed by atoms with E-state index >= 15 is 0 Å². The summed E-state index contributed by atoms with van der Waals surface area (Å²) in [6.45, 7) is 7.26. The van der Waals surface area contributed by atoms with Gasteiger partial charge in [0.25, 0.3) is 0 Å². The predicted octanol–water partition coefficient (Wildman–Crippen LogP) is 2.71. The molecule has 0 aromatic heterocycles. The summed E-state index contributed by atoms with van der Waals surface area (Å²) >= 11 is 0. The molecular formula is C11H14O2. The van der Waals surface area contributed by atoms with Gasteiger partial charge in [-0.3, -0.25) is 0 Å². The average molecular weight is 178 g/mol. The van der Waals surface area contributed by atoms with Crippen molar-refractivity contribution in [3.63, 3.8) is 0 Å². The van der Waals surface area contributed by atoms with Crippen molar-refractivity contribution in [2.45, 2.75) is 13.8 Å². The van der Waals surface area contributed by atoms with Gasteiger partial charge in [-0.25, -0.2) is 4.79 Å². The lowest BCUT2D eigenvalue weighted by Gasteiger charge is -1.88. The lowest BCUT2D eigenvalue weighted by Crippen LogP contribution is -1.87. The van der Waals surface area contributed by atoms with Crippen LogP contribution in [0, 0.1) is 0 Å². The van der Waals surface area contributed by atoms with E-state index in [1.807, 2.05) is 13.0 Å². The molecule has 0 saturated carbocycles. The molecule has 0 aliphatic rings. The van der Waals surface area contributed by atoms with Gasteiger partial charge in [0.1, 0.15) is 0 Å². The van der Waals surface area contributed by atoms with E-state index in [-0.39, 0.29) is 0 Å². The summed E-state index contributed by atoms with van der Waals surface area (Å²) in [6, 6.07) is 0. The summed E-state index contributed by atoms with van der Waals surface area (Å²) in [5.74, 6) is -0.924. The highest BCUT2D eigenvalue weighted by Crippen LogP contribution is 1.97. The number of hydrogen-bond acceptors (Lipinski definition) is 1. The molecule has 0 amide bonds. The zero-order valence-electron chi connectivity index (χ0n) is 7.95. The fourth-order valence-corrected chi connectivity index (χ4v) is 0.663. The largest absolute Gasteiger partial charge is 0.478 e. The van der Waals surface area contributed by atoms with Gasteiger partial charge in [-0.1, -0.05) is 36.5 Å². The van der Waals surface area contributed by atoms with E-state index in [1.54, 1.807) is 25.2 Å². The summed E-state index contributed by atoms with van der Waals surface area (Å²) in [6.07, 6.45) is 8.30. The van der Waals surface area contributed by atoms with Crippen LogP contribution in [0.25, 0.3) is 0 Å². The van der Waals surface area contributed by atoms with Crippen LogP contribution >= 0.6 is 0 Å². The van der Waals surface area contributed by atoms with Crippen molar-refractivity contribution in [3.05, 3.63) is 48.1 Å². The maximum absolute atomic E-state index is 10.2. The summed E-state index contributed by atoms with van der Waals surface area (Å²) in [5.41, 5.74) is 1.75. The normalized spacial score (nSPS) is 13.4. The highest BCUT2D eigenvalue weighted by atomic mass is 16.4. The smallest absolute Gasteiger partial charge is 0.328 e. The summed E-state index contributed by atoms with van der Waals surface area (Å²) in [4.78, 5) is 10.2. The third kappa shape index (κ3) is 6.81. The Balaban J connectivity index is 4.28. The van der Waals surface area contributed by atoms with E-state index in [2.05, 4.69) is 6.58 Å². The van der Waals surface area contributed by atoms with Crippen LogP contribution in [0.4, 0.5) is 0 Å². The van der Waals surface area contributed by atoms with Gasteiger partial charge in [-0.15, -0.1) is 0 Å². The maximum Gasteiger partial charge on any atom is 0.328 e. The van der Waals surface area contributed by atoms with E-state index in [0.29, 0.717) is 5.57 Å². The molecule has 1 N–H and O–H groups in total. The number of allylic oxidation sites excluding steroid dienone is 6. The van der Waals surface area contributed by atoms with Crippen LogP contribution in [0.5, 0.6) is 0 Å². The van der Waals surface area contributed by atoms with Crippen molar-refractivity contribution in [2.24, 2.45) is 0 Å². The second-order valence-electron chi connectivity index (χ2n) is 2.70. The number of carbonyl (C=O) groups is 1. The highest BCUT2D eigenvalue weighted by Gasteiger charge is 1.87. The van der Waals surface area contributed by atoms with Gasteiger partial charge < -0.3 is 5.11 Å². The molecule has 0 bridgehead atoms. The van der Waals surface area contributed by atoms with Gasteiger partial charge in [0.15, 0.2) is 0 Å². The number of carboxylic acid groups (broad SMARTS) is 1. The molecule has 0 rings (SSSR count). The molecule has 0 radical (unpaired) electrons. The van der Waals surface area contributed by atoms with E-state index in [9.17, 15) is 4.79 Å². The van der Waals surface area contributed by atoms with Gasteiger partial charge in [0.2, 0.25) is 0 Å². The molecule has 0 saturated heterocycles. The summed E-state index contributed by atoms with van der Waals surface area (Å²) < 4.78 is 0. The Hall–Kier alpha value is -1.57. The topological polar surface area (TPSA) is 37.3 Å². The van der Waals surface area contributed by atoms with Gasteiger partial charge >= 0.3 is 5.97 Å². The predicted molar refractivity (Wildman–Crippen MR) is 54.5 cm³/mol. The van der Waals surface area contributed by atoms with Gasteiger partial charge in [-0.2, -0.15) is 0 Å². The van der Waals surface area contributed by atoms with Crippen LogP contribution < -0.4 is 0 Å². The quantitative estimate of drug-likeness (QED) is 0.531. The minimum absolute atomic E-state index is 0.709. The van der Waals surface area contributed by atoms with Crippen LogP contribution in [-0.2, 0) is 4.79 Å². The minimum atomic E-state index is -0.924. The number of hydrogen-bond donors (Lipinski definition) is 1. The Morgan fingerprint density at radius 2 is 1.92 bits per heavy atom. The van der Waals surface area contributed by atoms with Crippen LogP contribution in [0.15, 0.2) is 48.1 Å². The molecule has 0 aromatic rings. The van der Waals surface area contributed by atoms with E-state index in [4.69, 9.17) is 5.11 Å². The standard InChI is InChI=1S/C11H14O2/c1-4-9(2)6-5-7-10(3)8-11(12)13/h4-8H,1H2,2-3H3,(H,12,13)/b7-5+,9-6+,10-8-. The van der Waals surface area contributed by atoms with Crippen LogP contribution in [0.2, 0.25) is 0 Å². The minimum Gasteiger partial charge on any atom is -0.478 e. The molecule has 0 unspecified atom stereocenters. The third-order valence-electron chi connectivity index (χ3n) is 1.39. The zero-order valence-corrected chi connectivity index (χ0v) is 7.95. The second-order valence-corrected chi connectivity index (χ2v) is 2.70. The Morgan fingerprint density at radius 3 is 2.38 bits per heavy atom.